The summed E-state index contributed by atoms with van der Waals surface area (Å²) in [5.41, 5.74) is 2.09. The molecule has 0 spiro atoms. The van der Waals surface area contributed by atoms with Gasteiger partial charge in [-0.2, -0.15) is 0 Å². The lowest BCUT2D eigenvalue weighted by atomic mass is 10.2. The van der Waals surface area contributed by atoms with E-state index in [1.54, 1.807) is 14.2 Å². The van der Waals surface area contributed by atoms with E-state index in [9.17, 15) is 4.79 Å². The Labute approximate surface area is 138 Å². The first kappa shape index (κ1) is 15.6. The lowest BCUT2D eigenvalue weighted by molar-refractivity contribution is 0.0955. The minimum absolute atomic E-state index is 0.0685. The van der Waals surface area contributed by atoms with Gasteiger partial charge in [-0.1, -0.05) is 6.07 Å². The first-order valence-electron chi connectivity index (χ1n) is 7.27. The van der Waals surface area contributed by atoms with Crippen LogP contribution in [0.3, 0.4) is 0 Å². The summed E-state index contributed by atoms with van der Waals surface area (Å²) in [7, 11) is 3.19. The monoisotopic (exact) mass is 333 g/mol. The van der Waals surface area contributed by atoms with Gasteiger partial charge in [0.15, 0.2) is 11.5 Å². The van der Waals surface area contributed by atoms with Gasteiger partial charge in [-0.3, -0.25) is 10.1 Å². The van der Waals surface area contributed by atoms with Crippen LogP contribution in [-0.4, -0.2) is 26.8 Å². The van der Waals surface area contributed by atoms with E-state index in [1.807, 2.05) is 24.3 Å². The Balaban J connectivity index is 1.66. The molecule has 2 heterocycles. The summed E-state index contributed by atoms with van der Waals surface area (Å²) in [6.45, 7) is 1.97. The van der Waals surface area contributed by atoms with Crippen molar-refractivity contribution in [1.29, 1.82) is 0 Å². The van der Waals surface area contributed by atoms with Gasteiger partial charge in [-0.15, -0.1) is 11.3 Å². The van der Waals surface area contributed by atoms with E-state index in [4.69, 9.17) is 9.47 Å². The lowest BCUT2D eigenvalue weighted by Crippen LogP contribution is -2.26. The van der Waals surface area contributed by atoms with Gasteiger partial charge >= 0.3 is 0 Å². The molecule has 0 bridgehead atoms. The number of benzene rings is 1. The van der Waals surface area contributed by atoms with Gasteiger partial charge in [0.25, 0.3) is 5.91 Å². The van der Waals surface area contributed by atoms with E-state index in [-0.39, 0.29) is 5.91 Å². The average molecular weight is 333 g/mol. The van der Waals surface area contributed by atoms with Crippen LogP contribution in [0.2, 0.25) is 0 Å². The predicted octanol–water partition coefficient (Wildman–Crippen LogP) is 2.17. The van der Waals surface area contributed by atoms with Crippen molar-refractivity contribution < 1.29 is 14.3 Å². The van der Waals surface area contributed by atoms with E-state index < -0.39 is 0 Å². The highest BCUT2D eigenvalue weighted by atomic mass is 32.1. The maximum Gasteiger partial charge on any atom is 0.261 e. The minimum Gasteiger partial charge on any atom is -0.493 e. The summed E-state index contributed by atoms with van der Waals surface area (Å²) in [6, 6.07) is 7.54. The van der Waals surface area contributed by atoms with Crippen LogP contribution in [-0.2, 0) is 13.1 Å². The van der Waals surface area contributed by atoms with Gasteiger partial charge in [0.2, 0.25) is 0 Å². The molecule has 0 unspecified atom stereocenters. The van der Waals surface area contributed by atoms with Gasteiger partial charge < -0.3 is 20.1 Å². The van der Waals surface area contributed by atoms with E-state index >= 15 is 0 Å². The zero-order valence-electron chi connectivity index (χ0n) is 13.1. The summed E-state index contributed by atoms with van der Waals surface area (Å²) in [6.07, 6.45) is 0. The lowest BCUT2D eigenvalue weighted by Gasteiger charge is -2.13. The highest BCUT2D eigenvalue weighted by molar-refractivity contribution is 7.18. The van der Waals surface area contributed by atoms with Gasteiger partial charge in [-0.05, 0) is 23.8 Å². The molecule has 0 radical (unpaired) electrons. The Morgan fingerprint density at radius 1 is 1.26 bits per heavy atom. The average Bonchev–Trinajstić information content (AvgIpc) is 3.03. The fourth-order valence-corrected chi connectivity index (χ4v) is 3.41. The van der Waals surface area contributed by atoms with Crippen molar-refractivity contribution in [2.45, 2.75) is 13.1 Å². The molecule has 0 atom stereocenters. The molecule has 0 fully saturated rings. The quantitative estimate of drug-likeness (QED) is 0.782. The number of carbonyl (C=O) groups excluding carboxylic acids is 1. The summed E-state index contributed by atoms with van der Waals surface area (Å²) >= 11 is 1.48. The molecule has 2 aromatic rings. The molecular weight excluding hydrogens is 314 g/mol. The van der Waals surface area contributed by atoms with Gasteiger partial charge in [0.05, 0.1) is 30.8 Å². The molecule has 1 amide bonds. The second-order valence-electron chi connectivity index (χ2n) is 5.12. The smallest absolute Gasteiger partial charge is 0.261 e. The molecule has 7 heteroatoms. The molecule has 3 rings (SSSR count). The van der Waals surface area contributed by atoms with Crippen LogP contribution < -0.4 is 25.4 Å². The third-order valence-electron chi connectivity index (χ3n) is 3.62. The summed E-state index contributed by atoms with van der Waals surface area (Å²) in [5.74, 6) is 1.26. The van der Waals surface area contributed by atoms with Crippen LogP contribution >= 0.6 is 11.3 Å². The second-order valence-corrected chi connectivity index (χ2v) is 6.17. The standard InChI is InChI=1S/C16H19N3O3S/c1-21-12-4-3-10(5-13(12)22-2)7-18-15(20)14-6-11-8-17-9-19-16(11)23-14/h3-6,17,19H,7-9H2,1-2H3,(H,18,20). The van der Waals surface area contributed by atoms with Crippen molar-refractivity contribution in [3.8, 4) is 11.5 Å². The van der Waals surface area contributed by atoms with Gasteiger partial charge in [0, 0.05) is 18.7 Å². The third kappa shape index (κ3) is 3.40. The Bertz CT molecular complexity index is 691. The SMILES string of the molecule is COc1ccc(CNC(=O)c2cc3c(s2)NCNC3)cc1OC. The third-order valence-corrected chi connectivity index (χ3v) is 4.76. The fourth-order valence-electron chi connectivity index (χ4n) is 2.42. The molecule has 23 heavy (non-hydrogen) atoms. The molecule has 1 aromatic heterocycles. The largest absolute Gasteiger partial charge is 0.493 e. The van der Waals surface area contributed by atoms with Crippen LogP contribution in [0.1, 0.15) is 20.8 Å². The number of nitrogens with one attached hydrogen (secondary N) is 3. The molecule has 0 aliphatic carbocycles. The molecular formula is C16H19N3O3S. The fraction of sp³-hybridized carbons (Fsp3) is 0.312. The van der Waals surface area contributed by atoms with Crippen molar-refractivity contribution in [1.82, 2.24) is 10.6 Å². The highest BCUT2D eigenvalue weighted by Gasteiger charge is 2.16. The number of thiophene rings is 1. The number of rotatable bonds is 5. The van der Waals surface area contributed by atoms with Crippen molar-refractivity contribution in [2.24, 2.45) is 0 Å². The number of amides is 1. The highest BCUT2D eigenvalue weighted by Crippen LogP contribution is 2.30. The molecule has 0 saturated carbocycles. The summed E-state index contributed by atoms with van der Waals surface area (Å²) < 4.78 is 10.5. The summed E-state index contributed by atoms with van der Waals surface area (Å²) in [5, 5.41) is 10.5. The van der Waals surface area contributed by atoms with Crippen LogP contribution in [0.5, 0.6) is 11.5 Å². The zero-order chi connectivity index (χ0) is 16.2. The molecule has 1 aromatic carbocycles. The number of anilines is 1. The van der Waals surface area contributed by atoms with E-state index in [2.05, 4.69) is 16.0 Å². The molecule has 0 saturated heterocycles. The zero-order valence-corrected chi connectivity index (χ0v) is 13.9. The maximum atomic E-state index is 12.3. The van der Waals surface area contributed by atoms with Crippen molar-refractivity contribution >= 4 is 22.2 Å². The first-order valence-corrected chi connectivity index (χ1v) is 8.09. The Kier molecular flexibility index (Phi) is 4.68. The summed E-state index contributed by atoms with van der Waals surface area (Å²) in [4.78, 5) is 13.0. The number of ether oxygens (including phenoxy) is 2. The van der Waals surface area contributed by atoms with Gasteiger partial charge in [-0.25, -0.2) is 0 Å². The van der Waals surface area contributed by atoms with Crippen molar-refractivity contribution in [3.63, 3.8) is 0 Å². The molecule has 1 aliphatic heterocycles. The van der Waals surface area contributed by atoms with E-state index in [1.165, 1.54) is 11.3 Å². The van der Waals surface area contributed by atoms with Gasteiger partial charge in [0.1, 0.15) is 0 Å². The number of hydrogen-bond acceptors (Lipinski definition) is 6. The van der Waals surface area contributed by atoms with E-state index in [0.717, 1.165) is 29.3 Å². The van der Waals surface area contributed by atoms with Crippen LogP contribution in [0.25, 0.3) is 0 Å². The minimum atomic E-state index is -0.0685. The topological polar surface area (TPSA) is 71.6 Å². The Morgan fingerprint density at radius 2 is 2.09 bits per heavy atom. The number of hydrogen-bond donors (Lipinski definition) is 3. The predicted molar refractivity (Wildman–Crippen MR) is 90.4 cm³/mol. The van der Waals surface area contributed by atoms with Crippen LogP contribution in [0, 0.1) is 0 Å². The van der Waals surface area contributed by atoms with Crippen LogP contribution in [0.15, 0.2) is 24.3 Å². The van der Waals surface area contributed by atoms with E-state index in [0.29, 0.717) is 22.9 Å². The van der Waals surface area contributed by atoms with Crippen molar-refractivity contribution in [2.75, 3.05) is 26.2 Å². The second kappa shape index (κ2) is 6.89. The molecule has 3 N–H and O–H groups in total. The van der Waals surface area contributed by atoms with Crippen LogP contribution in [0.4, 0.5) is 5.00 Å². The Hall–Kier alpha value is -2.25. The Morgan fingerprint density at radius 3 is 2.83 bits per heavy atom. The number of methoxy groups -OCH3 is 2. The number of carbonyl (C=O) groups is 1. The molecule has 1 aliphatic rings. The molecule has 122 valence electrons. The maximum absolute atomic E-state index is 12.3. The number of fused-ring (bicyclic) bond motifs is 1. The van der Waals surface area contributed by atoms with Crippen molar-refractivity contribution in [3.05, 3.63) is 40.3 Å². The normalized spacial score (nSPS) is 13.0. The first-order chi connectivity index (χ1) is 11.2. The molecule has 6 nitrogen and oxygen atoms in total.